The van der Waals surface area contributed by atoms with Crippen LogP contribution >= 0.6 is 0 Å². The molecule has 6 aromatic rings. The second-order valence-corrected chi connectivity index (χ2v) is 14.5. The summed E-state index contributed by atoms with van der Waals surface area (Å²) in [6.07, 6.45) is -0.0160. The molecule has 4 amide bonds. The van der Waals surface area contributed by atoms with Crippen molar-refractivity contribution in [1.82, 2.24) is 40.1 Å². The Balaban J connectivity index is 0.00000441. The molecule has 282 valence electrons. The number of amides is 4. The minimum atomic E-state index is -0.909. The molecule has 2 saturated heterocycles. The van der Waals surface area contributed by atoms with Crippen molar-refractivity contribution in [3.8, 4) is 11.4 Å². The molecule has 1 unspecified atom stereocenters. The molecule has 12 nitrogen and oxygen atoms in total. The van der Waals surface area contributed by atoms with Crippen LogP contribution in [0.15, 0.2) is 121 Å². The zero-order valence-electron chi connectivity index (χ0n) is 30.7. The van der Waals surface area contributed by atoms with Gasteiger partial charge in [0.05, 0.1) is 30.5 Å². The van der Waals surface area contributed by atoms with E-state index in [-0.39, 0.29) is 71.2 Å². The van der Waals surface area contributed by atoms with E-state index < -0.39 is 24.3 Å². The summed E-state index contributed by atoms with van der Waals surface area (Å²) in [4.78, 5) is 47.6. The van der Waals surface area contributed by atoms with E-state index in [4.69, 9.17) is 0 Å². The second-order valence-electron chi connectivity index (χ2n) is 14.5. The molecule has 0 aliphatic carbocycles. The van der Waals surface area contributed by atoms with Gasteiger partial charge in [0, 0.05) is 47.0 Å². The Morgan fingerprint density at radius 3 is 2.39 bits per heavy atom. The number of piperazine rings is 1. The van der Waals surface area contributed by atoms with Crippen LogP contribution in [0.25, 0.3) is 16.5 Å². The van der Waals surface area contributed by atoms with Crippen molar-refractivity contribution >= 4 is 28.6 Å². The monoisotopic (exact) mass is 916 g/mol. The van der Waals surface area contributed by atoms with Crippen LogP contribution in [0, 0.1) is 0 Å². The number of para-hydroxylation sites is 1. The SMILES string of the molecule is C[C@H]1[C@H]2N(C(=O)CN(Cc3nnn4c3Cc3ccccc3-4)N2C(=O)NCc2ccccc2)C(Cc2ccc(O)cc2)C(=O)N1Cc1cccc2ccccc12.[W]. The van der Waals surface area contributed by atoms with Crippen molar-refractivity contribution in [2.24, 2.45) is 0 Å². The zero-order valence-corrected chi connectivity index (χ0v) is 33.7. The molecule has 1 aromatic heterocycles. The summed E-state index contributed by atoms with van der Waals surface area (Å²) in [6, 6.07) is 36.6. The number of hydrogen-bond donors (Lipinski definition) is 2. The van der Waals surface area contributed by atoms with Crippen LogP contribution in [-0.4, -0.2) is 82.6 Å². The number of hydrazine groups is 1. The molecule has 3 atom stereocenters. The van der Waals surface area contributed by atoms with Crippen molar-refractivity contribution in [1.29, 1.82) is 0 Å². The maximum atomic E-state index is 14.8. The van der Waals surface area contributed by atoms with Crippen LogP contribution in [0.3, 0.4) is 0 Å². The predicted octanol–water partition coefficient (Wildman–Crippen LogP) is 5.17. The number of nitrogens with zero attached hydrogens (tertiary/aromatic N) is 7. The van der Waals surface area contributed by atoms with Gasteiger partial charge in [0.2, 0.25) is 11.8 Å². The summed E-state index contributed by atoms with van der Waals surface area (Å²) in [5.41, 5.74) is 6.36. The second kappa shape index (κ2) is 15.4. The molecule has 9 rings (SSSR count). The third-order valence-electron chi connectivity index (χ3n) is 11.1. The summed E-state index contributed by atoms with van der Waals surface area (Å²) in [5, 5.41) is 27.7. The molecule has 4 heterocycles. The van der Waals surface area contributed by atoms with Gasteiger partial charge in [-0.05, 0) is 58.1 Å². The van der Waals surface area contributed by atoms with Crippen LogP contribution in [-0.2, 0) is 63.1 Å². The topological polar surface area (TPSA) is 127 Å². The average molecular weight is 917 g/mol. The van der Waals surface area contributed by atoms with E-state index >= 15 is 0 Å². The molecule has 3 aliphatic heterocycles. The molecule has 3 aliphatic rings. The van der Waals surface area contributed by atoms with Gasteiger partial charge in [0.15, 0.2) is 0 Å². The van der Waals surface area contributed by atoms with Crippen molar-refractivity contribution in [2.45, 2.75) is 57.6 Å². The fraction of sp³-hybridized carbons (Fsp3) is 0.233. The third-order valence-corrected chi connectivity index (χ3v) is 11.1. The largest absolute Gasteiger partial charge is 0.508 e. The molecule has 13 heteroatoms. The third kappa shape index (κ3) is 6.73. The van der Waals surface area contributed by atoms with Gasteiger partial charge in [-0.3, -0.25) is 9.59 Å². The molecule has 2 N–H and O–H groups in total. The first-order valence-electron chi connectivity index (χ1n) is 18.6. The van der Waals surface area contributed by atoms with E-state index in [1.54, 1.807) is 39.2 Å². The number of aromatic nitrogens is 3. The number of fused-ring (bicyclic) bond motifs is 5. The van der Waals surface area contributed by atoms with Crippen molar-refractivity contribution < 1.29 is 40.6 Å². The summed E-state index contributed by atoms with van der Waals surface area (Å²) in [5.74, 6) is -0.361. The Hall–Kier alpha value is -5.84. The Labute approximate surface area is 338 Å². The summed E-state index contributed by atoms with van der Waals surface area (Å²) >= 11 is 0. The molecule has 56 heavy (non-hydrogen) atoms. The Kier molecular flexibility index (Phi) is 10.2. The molecular formula is C43H40N8O4W. The molecular weight excluding hydrogens is 876 g/mol. The van der Waals surface area contributed by atoms with Gasteiger partial charge < -0.3 is 20.2 Å². The van der Waals surface area contributed by atoms with Crippen LogP contribution in [0.1, 0.15) is 40.6 Å². The first kappa shape index (κ1) is 37.1. The van der Waals surface area contributed by atoms with Gasteiger partial charge in [-0.2, -0.15) is 5.01 Å². The summed E-state index contributed by atoms with van der Waals surface area (Å²) in [6.45, 7) is 2.47. The Bertz CT molecular complexity index is 2420. The van der Waals surface area contributed by atoms with Crippen molar-refractivity contribution in [2.75, 3.05) is 6.54 Å². The fourth-order valence-electron chi connectivity index (χ4n) is 8.37. The first-order chi connectivity index (χ1) is 26.8. The fourth-order valence-corrected chi connectivity index (χ4v) is 8.37. The van der Waals surface area contributed by atoms with Crippen molar-refractivity contribution in [3.05, 3.63) is 155 Å². The number of nitrogens with one attached hydrogen (secondary N) is 1. The van der Waals surface area contributed by atoms with E-state index in [1.807, 2.05) is 101 Å². The number of phenols is 1. The number of hydrogen-bond acceptors (Lipinski definition) is 7. The van der Waals surface area contributed by atoms with Gasteiger partial charge >= 0.3 is 6.03 Å². The standard InChI is InChI=1S/C43H40N8O4.W/c1-28-41-49(39(22-29-18-20-34(52)21-19-29)42(54)48(28)25-33-15-9-14-31-12-5-7-16-35(31)33)40(53)27-47(51(41)43(55)44-24-30-10-3-2-4-11-30)26-36-38-23-32-13-6-8-17-37(32)50(38)46-45-36;/h2-21,28,39,41,52H,22-27H2,1H3,(H,44,55);/t28-,39?,41-;/m0./s1. The minimum absolute atomic E-state index is 0. The number of carbonyl (C=O) groups excluding carboxylic acids is 3. The average Bonchev–Trinajstić information content (AvgIpc) is 3.78. The van der Waals surface area contributed by atoms with Gasteiger partial charge in [-0.1, -0.05) is 108 Å². The van der Waals surface area contributed by atoms with Gasteiger partial charge in [0.1, 0.15) is 23.7 Å². The van der Waals surface area contributed by atoms with E-state index in [1.165, 1.54) is 0 Å². The van der Waals surface area contributed by atoms with Gasteiger partial charge in [-0.15, -0.1) is 5.10 Å². The van der Waals surface area contributed by atoms with Crippen molar-refractivity contribution in [3.63, 3.8) is 0 Å². The van der Waals surface area contributed by atoms with E-state index in [0.717, 1.165) is 44.4 Å². The zero-order chi connectivity index (χ0) is 37.6. The quantitative estimate of drug-likeness (QED) is 0.216. The van der Waals surface area contributed by atoms with Crippen LogP contribution in [0.4, 0.5) is 4.79 Å². The normalized spacial score (nSPS) is 19.0. The van der Waals surface area contributed by atoms with Gasteiger partial charge in [-0.25, -0.2) is 14.5 Å². The number of aromatic hydroxyl groups is 1. The minimum Gasteiger partial charge on any atom is -0.508 e. The number of rotatable bonds is 8. The van der Waals surface area contributed by atoms with Crippen LogP contribution in [0.5, 0.6) is 5.75 Å². The van der Waals surface area contributed by atoms with Crippen LogP contribution in [0.2, 0.25) is 0 Å². The molecule has 0 saturated carbocycles. The number of phenolic OH excluding ortho intramolecular Hbond substituents is 1. The van der Waals surface area contributed by atoms with E-state index in [2.05, 4.69) is 27.8 Å². The predicted molar refractivity (Wildman–Crippen MR) is 205 cm³/mol. The molecule has 0 spiro atoms. The van der Waals surface area contributed by atoms with Gasteiger partial charge in [0.25, 0.3) is 0 Å². The molecule has 0 radical (unpaired) electrons. The Morgan fingerprint density at radius 1 is 0.839 bits per heavy atom. The van der Waals surface area contributed by atoms with Crippen LogP contribution < -0.4 is 5.32 Å². The smallest absolute Gasteiger partial charge is 0.334 e. The Morgan fingerprint density at radius 2 is 1.57 bits per heavy atom. The molecule has 5 aromatic carbocycles. The number of benzene rings is 5. The maximum Gasteiger partial charge on any atom is 0.334 e. The van der Waals surface area contributed by atoms with E-state index in [0.29, 0.717) is 12.1 Å². The number of urea groups is 1. The molecule has 0 bridgehead atoms. The van der Waals surface area contributed by atoms with E-state index in [9.17, 15) is 19.5 Å². The summed E-state index contributed by atoms with van der Waals surface area (Å²) in [7, 11) is 0. The first-order valence-corrected chi connectivity index (χ1v) is 18.6. The maximum absolute atomic E-state index is 14.8. The number of carbonyl (C=O) groups is 3. The molecule has 2 fully saturated rings. The summed E-state index contributed by atoms with van der Waals surface area (Å²) < 4.78 is 1.84.